The number of nitrogens with one attached hydrogen (secondary N) is 2. The Balaban J connectivity index is 1.63. The van der Waals surface area contributed by atoms with Crippen LogP contribution in [0.3, 0.4) is 0 Å². The van der Waals surface area contributed by atoms with Gasteiger partial charge in [0.1, 0.15) is 5.75 Å². The third-order valence-corrected chi connectivity index (χ3v) is 5.27. The Morgan fingerprint density at radius 3 is 2.48 bits per heavy atom. The minimum absolute atomic E-state index is 0.0859. The second-order valence-corrected chi connectivity index (χ2v) is 7.07. The Labute approximate surface area is 161 Å². The number of benzene rings is 2. The van der Waals surface area contributed by atoms with Crippen molar-refractivity contribution in [1.82, 2.24) is 10.6 Å². The first-order chi connectivity index (χ1) is 13.2. The van der Waals surface area contributed by atoms with E-state index in [1.165, 1.54) is 0 Å². The predicted octanol–water partition coefficient (Wildman–Crippen LogP) is 2.99. The summed E-state index contributed by atoms with van der Waals surface area (Å²) in [6.45, 7) is 2.70. The molecule has 27 heavy (non-hydrogen) atoms. The van der Waals surface area contributed by atoms with E-state index in [-0.39, 0.29) is 5.91 Å². The molecule has 0 bridgehead atoms. The Hall–Kier alpha value is -2.37. The largest absolute Gasteiger partial charge is 0.497 e. The fourth-order valence-corrected chi connectivity index (χ4v) is 3.61. The fraction of sp³-hybridized carbons (Fsp3) is 0.409. The Bertz CT molecular complexity index is 747. The van der Waals surface area contributed by atoms with Crippen molar-refractivity contribution in [2.24, 2.45) is 5.41 Å². The van der Waals surface area contributed by atoms with Gasteiger partial charge in [-0.1, -0.05) is 36.4 Å². The number of hydrogen-bond acceptors (Lipinski definition) is 4. The molecule has 5 heteroatoms. The van der Waals surface area contributed by atoms with Gasteiger partial charge in [-0.2, -0.15) is 0 Å². The molecule has 0 spiro atoms. The Kier molecular flexibility index (Phi) is 6.48. The molecule has 2 N–H and O–H groups in total. The van der Waals surface area contributed by atoms with Crippen molar-refractivity contribution in [3.8, 4) is 16.9 Å². The van der Waals surface area contributed by atoms with Crippen LogP contribution in [0.15, 0.2) is 48.5 Å². The molecule has 2 aromatic carbocycles. The van der Waals surface area contributed by atoms with Crippen molar-refractivity contribution in [3.05, 3.63) is 54.1 Å². The molecule has 1 fully saturated rings. The van der Waals surface area contributed by atoms with Crippen LogP contribution in [0.25, 0.3) is 11.1 Å². The average molecular weight is 368 g/mol. The van der Waals surface area contributed by atoms with Crippen LogP contribution >= 0.6 is 0 Å². The van der Waals surface area contributed by atoms with Gasteiger partial charge in [0.2, 0.25) is 5.91 Å². The number of methoxy groups -OCH3 is 2. The SMILES string of the molecule is COCC1(C(=O)NCc2ccc(-c3cccc(OC)c3)cc2)CCNCC1. The van der Waals surface area contributed by atoms with Gasteiger partial charge in [0.25, 0.3) is 0 Å². The predicted molar refractivity (Wildman–Crippen MR) is 107 cm³/mol. The molecule has 0 aliphatic carbocycles. The van der Waals surface area contributed by atoms with E-state index in [9.17, 15) is 4.79 Å². The number of piperidine rings is 1. The lowest BCUT2D eigenvalue weighted by molar-refractivity contribution is -0.136. The summed E-state index contributed by atoms with van der Waals surface area (Å²) in [7, 11) is 3.33. The molecular formula is C22H28N2O3. The minimum Gasteiger partial charge on any atom is -0.497 e. The van der Waals surface area contributed by atoms with Crippen LogP contribution in [0.5, 0.6) is 5.75 Å². The number of hydrogen-bond donors (Lipinski definition) is 2. The molecule has 144 valence electrons. The lowest BCUT2D eigenvalue weighted by atomic mass is 9.78. The lowest BCUT2D eigenvalue weighted by Gasteiger charge is -2.35. The quantitative estimate of drug-likeness (QED) is 0.789. The van der Waals surface area contributed by atoms with Crippen molar-refractivity contribution in [2.45, 2.75) is 19.4 Å². The van der Waals surface area contributed by atoms with E-state index >= 15 is 0 Å². The summed E-state index contributed by atoms with van der Waals surface area (Å²) in [5.41, 5.74) is 2.90. The molecule has 1 heterocycles. The molecule has 0 radical (unpaired) electrons. The number of ether oxygens (including phenoxy) is 2. The molecule has 1 saturated heterocycles. The molecule has 1 amide bonds. The van der Waals surface area contributed by atoms with Crippen LogP contribution in [0.4, 0.5) is 0 Å². The van der Waals surface area contributed by atoms with Crippen LogP contribution in [0.2, 0.25) is 0 Å². The first kappa shape index (κ1) is 19.4. The lowest BCUT2D eigenvalue weighted by Crippen LogP contribution is -2.49. The van der Waals surface area contributed by atoms with Crippen molar-refractivity contribution in [1.29, 1.82) is 0 Å². The topological polar surface area (TPSA) is 59.6 Å². The molecule has 1 aliphatic heterocycles. The summed E-state index contributed by atoms with van der Waals surface area (Å²) in [4.78, 5) is 12.8. The number of amides is 1. The average Bonchev–Trinajstić information content (AvgIpc) is 2.73. The zero-order valence-electron chi connectivity index (χ0n) is 16.1. The summed E-state index contributed by atoms with van der Waals surface area (Å²) < 4.78 is 10.6. The van der Waals surface area contributed by atoms with Crippen LogP contribution in [0.1, 0.15) is 18.4 Å². The molecule has 3 rings (SSSR count). The zero-order chi connectivity index (χ0) is 19.1. The summed E-state index contributed by atoms with van der Waals surface area (Å²) in [5.74, 6) is 0.928. The van der Waals surface area contributed by atoms with Crippen LogP contribution in [0, 0.1) is 5.41 Å². The number of rotatable bonds is 7. The molecule has 0 saturated carbocycles. The van der Waals surface area contributed by atoms with Crippen molar-refractivity contribution < 1.29 is 14.3 Å². The van der Waals surface area contributed by atoms with Gasteiger partial charge in [0.15, 0.2) is 0 Å². The van der Waals surface area contributed by atoms with Gasteiger partial charge in [0.05, 0.1) is 19.1 Å². The van der Waals surface area contributed by atoms with E-state index in [4.69, 9.17) is 9.47 Å². The number of carbonyl (C=O) groups is 1. The second-order valence-electron chi connectivity index (χ2n) is 7.07. The van der Waals surface area contributed by atoms with Crippen molar-refractivity contribution in [2.75, 3.05) is 33.9 Å². The van der Waals surface area contributed by atoms with Crippen molar-refractivity contribution in [3.63, 3.8) is 0 Å². The Morgan fingerprint density at radius 1 is 1.07 bits per heavy atom. The molecule has 5 nitrogen and oxygen atoms in total. The van der Waals surface area contributed by atoms with E-state index < -0.39 is 5.41 Å². The highest BCUT2D eigenvalue weighted by atomic mass is 16.5. The van der Waals surface area contributed by atoms with E-state index in [1.54, 1.807) is 14.2 Å². The maximum absolute atomic E-state index is 12.8. The summed E-state index contributed by atoms with van der Waals surface area (Å²) in [6.07, 6.45) is 1.61. The maximum atomic E-state index is 12.8. The summed E-state index contributed by atoms with van der Waals surface area (Å²) in [5, 5.41) is 6.42. The third kappa shape index (κ3) is 4.67. The van der Waals surface area contributed by atoms with Gasteiger partial charge in [-0.15, -0.1) is 0 Å². The molecule has 2 aromatic rings. The van der Waals surface area contributed by atoms with Gasteiger partial charge in [-0.3, -0.25) is 4.79 Å². The molecule has 0 atom stereocenters. The first-order valence-electron chi connectivity index (χ1n) is 9.38. The van der Waals surface area contributed by atoms with Gasteiger partial charge < -0.3 is 20.1 Å². The fourth-order valence-electron chi connectivity index (χ4n) is 3.61. The smallest absolute Gasteiger partial charge is 0.228 e. The molecule has 1 aliphatic rings. The molecule has 0 aromatic heterocycles. The number of carbonyl (C=O) groups excluding carboxylic acids is 1. The minimum atomic E-state index is -0.416. The van der Waals surface area contributed by atoms with E-state index in [0.717, 1.165) is 48.4 Å². The van der Waals surface area contributed by atoms with Crippen LogP contribution in [-0.2, 0) is 16.1 Å². The highest BCUT2D eigenvalue weighted by Crippen LogP contribution is 2.29. The normalized spacial score (nSPS) is 15.9. The second kappa shape index (κ2) is 9.02. The summed E-state index contributed by atoms with van der Waals surface area (Å²) in [6, 6.07) is 16.3. The van der Waals surface area contributed by atoms with E-state index in [0.29, 0.717) is 13.2 Å². The molecular weight excluding hydrogens is 340 g/mol. The van der Waals surface area contributed by atoms with Gasteiger partial charge >= 0.3 is 0 Å². The van der Waals surface area contributed by atoms with E-state index in [2.05, 4.69) is 41.0 Å². The van der Waals surface area contributed by atoms with Crippen LogP contribution in [-0.4, -0.2) is 39.8 Å². The Morgan fingerprint density at radius 2 is 1.81 bits per heavy atom. The van der Waals surface area contributed by atoms with Gasteiger partial charge in [-0.05, 0) is 54.8 Å². The zero-order valence-corrected chi connectivity index (χ0v) is 16.1. The van der Waals surface area contributed by atoms with E-state index in [1.807, 2.05) is 18.2 Å². The maximum Gasteiger partial charge on any atom is 0.228 e. The highest BCUT2D eigenvalue weighted by molar-refractivity contribution is 5.83. The monoisotopic (exact) mass is 368 g/mol. The third-order valence-electron chi connectivity index (χ3n) is 5.27. The van der Waals surface area contributed by atoms with Crippen LogP contribution < -0.4 is 15.4 Å². The highest BCUT2D eigenvalue weighted by Gasteiger charge is 2.39. The standard InChI is InChI=1S/C22H28N2O3/c1-26-16-22(10-12-23-13-11-22)21(25)24-15-17-6-8-18(9-7-17)19-4-3-5-20(14-19)27-2/h3-9,14,23H,10-13,15-16H2,1-2H3,(H,24,25). The van der Waals surface area contributed by atoms with Gasteiger partial charge in [-0.25, -0.2) is 0 Å². The summed E-state index contributed by atoms with van der Waals surface area (Å²) >= 11 is 0. The van der Waals surface area contributed by atoms with Gasteiger partial charge in [0, 0.05) is 13.7 Å². The first-order valence-corrected chi connectivity index (χ1v) is 9.38. The molecule has 0 unspecified atom stereocenters. The van der Waals surface area contributed by atoms with Crippen molar-refractivity contribution >= 4 is 5.91 Å².